The number of phenolic OH excluding ortho intramolecular Hbond substituents is 2. The molecule has 5 nitrogen and oxygen atoms in total. The van der Waals surface area contributed by atoms with Gasteiger partial charge in [-0.1, -0.05) is 24.3 Å². The first-order chi connectivity index (χ1) is 12.6. The van der Waals surface area contributed by atoms with Gasteiger partial charge in [0, 0.05) is 16.5 Å². The van der Waals surface area contributed by atoms with E-state index < -0.39 is 0 Å². The highest BCUT2D eigenvalue weighted by Crippen LogP contribution is 2.27. The van der Waals surface area contributed by atoms with Crippen LogP contribution in [-0.2, 0) is 0 Å². The van der Waals surface area contributed by atoms with Gasteiger partial charge in [0.05, 0.1) is 18.5 Å². The van der Waals surface area contributed by atoms with Crippen LogP contribution >= 0.6 is 11.3 Å². The third-order valence-electron chi connectivity index (χ3n) is 3.55. The van der Waals surface area contributed by atoms with Crippen molar-refractivity contribution in [1.29, 1.82) is 0 Å². The van der Waals surface area contributed by atoms with Crippen LogP contribution in [0.1, 0.15) is 5.56 Å². The van der Waals surface area contributed by atoms with Crippen molar-refractivity contribution in [2.45, 2.75) is 0 Å². The summed E-state index contributed by atoms with van der Waals surface area (Å²) in [6.07, 6.45) is 3.04. The fourth-order valence-corrected chi connectivity index (χ4v) is 3.13. The summed E-state index contributed by atoms with van der Waals surface area (Å²) < 4.78 is 15.7. The van der Waals surface area contributed by atoms with Gasteiger partial charge < -0.3 is 10.2 Å². The predicted octanol–water partition coefficient (Wildman–Crippen LogP) is 3.74. The van der Waals surface area contributed by atoms with Crippen molar-refractivity contribution < 1.29 is 14.6 Å². The number of para-hydroxylation sites is 1. The second-order valence-electron chi connectivity index (χ2n) is 5.28. The van der Waals surface area contributed by atoms with Crippen LogP contribution in [0.15, 0.2) is 70.6 Å². The van der Waals surface area contributed by atoms with Crippen LogP contribution in [0.5, 0.6) is 11.5 Å². The van der Waals surface area contributed by atoms with Crippen LogP contribution < -0.4 is 4.80 Å². The maximum atomic E-state index is 14.2. The van der Waals surface area contributed by atoms with E-state index in [2.05, 4.69) is 16.7 Å². The summed E-state index contributed by atoms with van der Waals surface area (Å²) in [6, 6.07) is 11.0. The topological polar surface area (TPSA) is 70.1 Å². The third-order valence-corrected chi connectivity index (χ3v) is 4.40. The van der Waals surface area contributed by atoms with E-state index in [1.54, 1.807) is 41.8 Å². The van der Waals surface area contributed by atoms with Gasteiger partial charge in [-0.25, -0.2) is 9.07 Å². The number of aromatic hydroxyl groups is 2. The van der Waals surface area contributed by atoms with Crippen molar-refractivity contribution in [3.8, 4) is 22.8 Å². The molecule has 2 aromatic carbocycles. The molecule has 2 N–H and O–H groups in total. The smallest absolute Gasteiger partial charge is 0.206 e. The number of halogens is 1. The average molecular weight is 369 g/mol. The Morgan fingerprint density at radius 1 is 1.15 bits per heavy atom. The molecule has 1 heterocycles. The fourth-order valence-electron chi connectivity index (χ4n) is 2.29. The molecule has 3 rings (SSSR count). The molecule has 7 heteroatoms. The van der Waals surface area contributed by atoms with Gasteiger partial charge in [-0.15, -0.1) is 17.9 Å². The highest BCUT2D eigenvalue weighted by Gasteiger charge is 2.11. The van der Waals surface area contributed by atoms with E-state index in [1.807, 2.05) is 0 Å². The van der Waals surface area contributed by atoms with Gasteiger partial charge in [0.15, 0.2) is 11.5 Å². The van der Waals surface area contributed by atoms with E-state index >= 15 is 0 Å². The Morgan fingerprint density at radius 2 is 1.96 bits per heavy atom. The number of rotatable bonds is 5. The number of nitrogens with zero attached hydrogens (tertiary/aromatic N) is 3. The van der Waals surface area contributed by atoms with Crippen LogP contribution in [0.3, 0.4) is 0 Å². The molecular formula is C19H16FN3O2S. The molecule has 0 radical (unpaired) electrons. The van der Waals surface area contributed by atoms with E-state index in [0.717, 1.165) is 0 Å². The van der Waals surface area contributed by atoms with Gasteiger partial charge in [0.2, 0.25) is 4.80 Å². The molecule has 132 valence electrons. The molecule has 0 aliphatic rings. The van der Waals surface area contributed by atoms with Crippen LogP contribution in [-0.4, -0.2) is 27.6 Å². The number of aromatic nitrogens is 1. The van der Waals surface area contributed by atoms with Crippen LogP contribution in [0.4, 0.5) is 4.39 Å². The van der Waals surface area contributed by atoms with E-state index in [0.29, 0.717) is 28.2 Å². The fraction of sp³-hybridized carbons (Fsp3) is 0.0526. The largest absolute Gasteiger partial charge is 0.504 e. The lowest BCUT2D eigenvalue weighted by atomic mass is 10.1. The summed E-state index contributed by atoms with van der Waals surface area (Å²) in [4.78, 5) is 4.92. The summed E-state index contributed by atoms with van der Waals surface area (Å²) in [5, 5.41) is 25.6. The highest BCUT2D eigenvalue weighted by molar-refractivity contribution is 7.07. The normalized spacial score (nSPS) is 12.0. The first-order valence-corrected chi connectivity index (χ1v) is 8.62. The minimum absolute atomic E-state index is 0.241. The Bertz CT molecular complexity index is 1040. The summed E-state index contributed by atoms with van der Waals surface area (Å²) in [6.45, 7) is 4.03. The van der Waals surface area contributed by atoms with Crippen molar-refractivity contribution in [3.63, 3.8) is 0 Å². The molecule has 0 spiro atoms. The molecule has 0 saturated heterocycles. The summed E-state index contributed by atoms with van der Waals surface area (Å²) in [7, 11) is 0. The Kier molecular flexibility index (Phi) is 5.28. The van der Waals surface area contributed by atoms with Gasteiger partial charge in [-0.3, -0.25) is 4.99 Å². The Balaban J connectivity index is 2.13. The van der Waals surface area contributed by atoms with Crippen LogP contribution in [0, 0.1) is 5.82 Å². The van der Waals surface area contributed by atoms with Gasteiger partial charge in [0.25, 0.3) is 0 Å². The molecule has 0 amide bonds. The zero-order chi connectivity index (χ0) is 18.5. The summed E-state index contributed by atoms with van der Waals surface area (Å²) >= 11 is 1.32. The molecule has 0 fully saturated rings. The molecule has 0 aliphatic heterocycles. The molecule has 0 atom stereocenters. The van der Waals surface area contributed by atoms with Crippen molar-refractivity contribution in [1.82, 2.24) is 4.68 Å². The van der Waals surface area contributed by atoms with Gasteiger partial charge in [0.1, 0.15) is 5.82 Å². The van der Waals surface area contributed by atoms with Gasteiger partial charge in [-0.2, -0.15) is 5.10 Å². The van der Waals surface area contributed by atoms with E-state index in [4.69, 9.17) is 0 Å². The quantitative estimate of drug-likeness (QED) is 0.409. The molecule has 0 bridgehead atoms. The molecule has 0 aliphatic carbocycles. The second-order valence-corrected chi connectivity index (χ2v) is 6.12. The van der Waals surface area contributed by atoms with E-state index in [-0.39, 0.29) is 17.3 Å². The molecule has 26 heavy (non-hydrogen) atoms. The lowest BCUT2D eigenvalue weighted by Gasteiger charge is -2.05. The number of hydrogen-bond donors (Lipinski definition) is 2. The van der Waals surface area contributed by atoms with E-state index in [1.165, 1.54) is 34.4 Å². The lowest BCUT2D eigenvalue weighted by molar-refractivity contribution is 0.403. The minimum atomic E-state index is -0.371. The Morgan fingerprint density at radius 3 is 2.73 bits per heavy atom. The first kappa shape index (κ1) is 17.6. The number of thiazole rings is 1. The third kappa shape index (κ3) is 3.57. The van der Waals surface area contributed by atoms with Crippen LogP contribution in [0.25, 0.3) is 11.3 Å². The second kappa shape index (κ2) is 7.79. The zero-order valence-corrected chi connectivity index (χ0v) is 14.5. The van der Waals surface area contributed by atoms with E-state index in [9.17, 15) is 14.6 Å². The Labute approximate surface area is 153 Å². The van der Waals surface area contributed by atoms with Gasteiger partial charge in [-0.05, 0) is 24.3 Å². The standard InChI is InChI=1S/C19H16FN3O2S/c1-2-10-21-19-23(22-11-13-6-5-9-17(24)18(13)25)16(12-26-19)14-7-3-4-8-15(14)20/h2-9,11-12,24-25H,1,10H2. The molecular weight excluding hydrogens is 353 g/mol. The van der Waals surface area contributed by atoms with Crippen molar-refractivity contribution in [3.05, 3.63) is 76.7 Å². The number of benzene rings is 2. The molecule has 3 aromatic rings. The van der Waals surface area contributed by atoms with Crippen molar-refractivity contribution >= 4 is 17.6 Å². The average Bonchev–Trinajstić information content (AvgIpc) is 3.04. The Hall–Kier alpha value is -3.19. The predicted molar refractivity (Wildman–Crippen MR) is 101 cm³/mol. The molecule has 1 aromatic heterocycles. The van der Waals surface area contributed by atoms with Crippen molar-refractivity contribution in [2.24, 2.45) is 10.1 Å². The summed E-state index contributed by atoms with van der Waals surface area (Å²) in [5.74, 6) is -0.885. The SMILES string of the molecule is C=CCN=c1scc(-c2ccccc2F)n1N=Cc1cccc(O)c1O. The van der Waals surface area contributed by atoms with Crippen molar-refractivity contribution in [2.75, 3.05) is 6.54 Å². The molecule has 0 unspecified atom stereocenters. The molecule has 0 saturated carbocycles. The maximum absolute atomic E-state index is 14.2. The number of phenols is 2. The highest BCUT2D eigenvalue weighted by atomic mass is 32.1. The zero-order valence-electron chi connectivity index (χ0n) is 13.7. The minimum Gasteiger partial charge on any atom is -0.504 e. The first-order valence-electron chi connectivity index (χ1n) is 7.74. The van der Waals surface area contributed by atoms with Gasteiger partial charge >= 0.3 is 0 Å². The lowest BCUT2D eigenvalue weighted by Crippen LogP contribution is -2.12. The maximum Gasteiger partial charge on any atom is 0.206 e. The van der Waals surface area contributed by atoms with Crippen LogP contribution in [0.2, 0.25) is 0 Å². The monoisotopic (exact) mass is 369 g/mol. The summed E-state index contributed by atoms with van der Waals surface area (Å²) in [5.41, 5.74) is 1.26. The number of hydrogen-bond acceptors (Lipinski definition) is 5.